The number of hydrogen-bond acceptors (Lipinski definition) is 6. The van der Waals surface area contributed by atoms with Crippen LogP contribution in [0.4, 0.5) is 0 Å². The molecule has 0 bridgehead atoms. The molecule has 0 spiro atoms. The second-order valence-electron chi connectivity index (χ2n) is 19.6. The second-order valence-corrected chi connectivity index (χ2v) is 19.6. The van der Waals surface area contributed by atoms with E-state index in [4.69, 9.17) is 14.2 Å². The fourth-order valence-electron chi connectivity index (χ4n) is 8.33. The molecule has 0 aromatic carbocycles. The maximum absolute atomic E-state index is 12.8. The molecule has 0 saturated heterocycles. The molecule has 1 unspecified atom stereocenters. The molecule has 0 aliphatic heterocycles. The topological polar surface area (TPSA) is 78.9 Å². The van der Waals surface area contributed by atoms with Gasteiger partial charge in [0.1, 0.15) is 13.2 Å². The Morgan fingerprint density at radius 3 is 0.985 bits per heavy atom. The number of carbonyl (C=O) groups is 3. The van der Waals surface area contributed by atoms with Crippen molar-refractivity contribution in [2.24, 2.45) is 0 Å². The Labute approximate surface area is 421 Å². The van der Waals surface area contributed by atoms with E-state index < -0.39 is 6.10 Å². The molecule has 0 fully saturated rings. The smallest absolute Gasteiger partial charge is 0.306 e. The van der Waals surface area contributed by atoms with Gasteiger partial charge >= 0.3 is 17.9 Å². The summed E-state index contributed by atoms with van der Waals surface area (Å²) in [5, 5.41) is 0. The van der Waals surface area contributed by atoms with E-state index >= 15 is 0 Å². The van der Waals surface area contributed by atoms with Gasteiger partial charge in [-0.25, -0.2) is 0 Å². The van der Waals surface area contributed by atoms with Gasteiger partial charge in [-0.1, -0.05) is 261 Å². The molecule has 0 aliphatic rings. The van der Waals surface area contributed by atoms with Gasteiger partial charge in [0.05, 0.1) is 0 Å². The van der Waals surface area contributed by atoms with E-state index in [1.165, 1.54) is 193 Å². The van der Waals surface area contributed by atoms with E-state index in [-0.39, 0.29) is 37.5 Å². The summed E-state index contributed by atoms with van der Waals surface area (Å²) in [6.45, 7) is 6.59. The molecule has 0 amide bonds. The third-order valence-corrected chi connectivity index (χ3v) is 12.8. The minimum atomic E-state index is -0.800. The third-order valence-electron chi connectivity index (χ3n) is 12.8. The summed E-state index contributed by atoms with van der Waals surface area (Å²) < 4.78 is 16.8. The number of hydrogen-bond donors (Lipinski definition) is 0. The van der Waals surface area contributed by atoms with Gasteiger partial charge in [0, 0.05) is 19.3 Å². The minimum absolute atomic E-state index is 0.0924. The molecule has 6 nitrogen and oxygen atoms in total. The van der Waals surface area contributed by atoms with Crippen LogP contribution in [0, 0.1) is 0 Å². The summed E-state index contributed by atoms with van der Waals surface area (Å²) in [4.78, 5) is 38.1. The van der Waals surface area contributed by atoms with Crippen LogP contribution in [0.3, 0.4) is 0 Å². The maximum atomic E-state index is 12.8. The van der Waals surface area contributed by atoms with Crippen molar-refractivity contribution in [1.29, 1.82) is 0 Å². The number of carbonyl (C=O) groups excluding carboxylic acids is 3. The van der Waals surface area contributed by atoms with E-state index in [9.17, 15) is 14.4 Å². The van der Waals surface area contributed by atoms with Crippen LogP contribution in [0.1, 0.15) is 297 Å². The summed E-state index contributed by atoms with van der Waals surface area (Å²) in [6, 6.07) is 0. The number of esters is 3. The summed E-state index contributed by atoms with van der Waals surface area (Å²) >= 11 is 0. The lowest BCUT2D eigenvalue weighted by molar-refractivity contribution is -0.167. The first-order valence-electron chi connectivity index (χ1n) is 29.3. The molecule has 6 heteroatoms. The highest BCUT2D eigenvalue weighted by Crippen LogP contribution is 2.16. The average Bonchev–Trinajstić information content (AvgIpc) is 3.34. The van der Waals surface area contributed by atoms with Crippen LogP contribution < -0.4 is 0 Å². The number of rotatable bonds is 53. The van der Waals surface area contributed by atoms with E-state index in [0.29, 0.717) is 19.3 Å². The third kappa shape index (κ3) is 54.1. The molecule has 0 radical (unpaired) electrons. The standard InChI is InChI=1S/C62H110O6/c1-4-7-10-13-16-19-22-25-28-30-31-33-34-37-40-43-46-49-52-55-61(64)67-58-59(57-66-60(63)54-51-48-45-42-39-36-27-24-21-18-15-12-9-6-3)68-62(65)56-53-50-47-44-41-38-35-32-29-26-23-20-17-14-11-8-5-2/h16,19,22,25-26,29,35,38,44,47,59H,4-15,17-18,20-21,23-24,27-28,30-34,36-37,39-43,45-46,48-58H2,1-3H3/b19-16-,25-22-,29-26-,38-35-,47-44-. The Morgan fingerprint density at radius 2 is 0.588 bits per heavy atom. The first-order valence-corrected chi connectivity index (χ1v) is 29.3. The van der Waals surface area contributed by atoms with Crippen LogP contribution in [0.25, 0.3) is 0 Å². The zero-order chi connectivity index (χ0) is 49.3. The van der Waals surface area contributed by atoms with Crippen LogP contribution >= 0.6 is 0 Å². The van der Waals surface area contributed by atoms with Gasteiger partial charge in [0.15, 0.2) is 6.10 Å². The Morgan fingerprint density at radius 1 is 0.309 bits per heavy atom. The molecule has 0 aromatic heterocycles. The van der Waals surface area contributed by atoms with Crippen molar-refractivity contribution in [3.63, 3.8) is 0 Å². The fourth-order valence-corrected chi connectivity index (χ4v) is 8.33. The molecule has 0 aliphatic carbocycles. The molecule has 1 atom stereocenters. The van der Waals surface area contributed by atoms with Gasteiger partial charge in [0.25, 0.3) is 0 Å². The van der Waals surface area contributed by atoms with Gasteiger partial charge < -0.3 is 14.2 Å². The normalized spacial score (nSPS) is 12.5. The summed E-state index contributed by atoms with van der Waals surface area (Å²) in [5.41, 5.74) is 0. The van der Waals surface area contributed by atoms with Gasteiger partial charge in [-0.15, -0.1) is 0 Å². The monoisotopic (exact) mass is 951 g/mol. The lowest BCUT2D eigenvalue weighted by Crippen LogP contribution is -2.30. The number of ether oxygens (including phenoxy) is 3. The van der Waals surface area contributed by atoms with Gasteiger partial charge in [-0.2, -0.15) is 0 Å². The summed E-state index contributed by atoms with van der Waals surface area (Å²) in [5.74, 6) is -0.936. The van der Waals surface area contributed by atoms with E-state index in [1.807, 2.05) is 0 Å². The molecule has 0 N–H and O–H groups in total. The Kier molecular flexibility index (Phi) is 54.3. The lowest BCUT2D eigenvalue weighted by atomic mass is 10.0. The van der Waals surface area contributed by atoms with Gasteiger partial charge in [0.2, 0.25) is 0 Å². The first-order chi connectivity index (χ1) is 33.5. The SMILES string of the molecule is CCCCC/C=C\C=C/CCCCCCCCCCCCC(=O)OCC(COC(=O)CCCCCCCCCCCCCCCC)OC(=O)CCC/C=C\C/C=C\C/C=C\CCCCCCCC. The van der Waals surface area contributed by atoms with Crippen molar-refractivity contribution < 1.29 is 28.6 Å². The Balaban J connectivity index is 4.42. The Bertz CT molecular complexity index is 1230. The molecule has 394 valence electrons. The molecular weight excluding hydrogens is 841 g/mol. The highest BCUT2D eigenvalue weighted by Gasteiger charge is 2.19. The van der Waals surface area contributed by atoms with Crippen molar-refractivity contribution in [2.45, 2.75) is 303 Å². The molecular formula is C62H110O6. The van der Waals surface area contributed by atoms with Crippen LogP contribution in [-0.2, 0) is 28.6 Å². The second kappa shape index (κ2) is 56.7. The zero-order valence-corrected chi connectivity index (χ0v) is 45.1. The van der Waals surface area contributed by atoms with E-state index in [1.54, 1.807) is 0 Å². The Hall–Kier alpha value is -2.89. The predicted molar refractivity (Wildman–Crippen MR) is 293 cm³/mol. The van der Waals surface area contributed by atoms with Crippen LogP contribution in [0.2, 0.25) is 0 Å². The highest BCUT2D eigenvalue weighted by molar-refractivity contribution is 5.71. The van der Waals surface area contributed by atoms with Crippen molar-refractivity contribution in [3.05, 3.63) is 60.8 Å². The van der Waals surface area contributed by atoms with Crippen molar-refractivity contribution >= 4 is 17.9 Å². The average molecular weight is 952 g/mol. The maximum Gasteiger partial charge on any atom is 0.306 e. The largest absolute Gasteiger partial charge is 0.462 e. The highest BCUT2D eigenvalue weighted by atomic mass is 16.6. The van der Waals surface area contributed by atoms with Crippen LogP contribution in [0.15, 0.2) is 60.8 Å². The molecule has 68 heavy (non-hydrogen) atoms. The fraction of sp³-hybridized carbons (Fsp3) is 0.790. The van der Waals surface area contributed by atoms with E-state index in [0.717, 1.165) is 57.8 Å². The van der Waals surface area contributed by atoms with Crippen molar-refractivity contribution in [3.8, 4) is 0 Å². The van der Waals surface area contributed by atoms with Gasteiger partial charge in [-0.05, 0) is 77.0 Å². The molecule has 0 aromatic rings. The quantitative estimate of drug-likeness (QED) is 0.0199. The first kappa shape index (κ1) is 65.1. The molecule has 0 heterocycles. The van der Waals surface area contributed by atoms with Gasteiger partial charge in [-0.3, -0.25) is 14.4 Å². The van der Waals surface area contributed by atoms with Crippen molar-refractivity contribution in [2.75, 3.05) is 13.2 Å². The molecule has 0 saturated carbocycles. The number of allylic oxidation sites excluding steroid dienone is 10. The lowest BCUT2D eigenvalue weighted by Gasteiger charge is -2.18. The number of unbranched alkanes of at least 4 members (excludes halogenated alkanes) is 33. The van der Waals surface area contributed by atoms with Crippen molar-refractivity contribution in [1.82, 2.24) is 0 Å². The van der Waals surface area contributed by atoms with Crippen LogP contribution in [-0.4, -0.2) is 37.2 Å². The zero-order valence-electron chi connectivity index (χ0n) is 45.1. The summed E-state index contributed by atoms with van der Waals surface area (Å²) in [6.07, 6.45) is 70.7. The molecule has 0 rings (SSSR count). The summed E-state index contributed by atoms with van der Waals surface area (Å²) in [7, 11) is 0. The minimum Gasteiger partial charge on any atom is -0.462 e. The predicted octanol–water partition coefficient (Wildman–Crippen LogP) is 19.6. The van der Waals surface area contributed by atoms with Crippen LogP contribution in [0.5, 0.6) is 0 Å². The van der Waals surface area contributed by atoms with E-state index in [2.05, 4.69) is 81.5 Å².